The van der Waals surface area contributed by atoms with Gasteiger partial charge in [-0.2, -0.15) is 0 Å². The lowest BCUT2D eigenvalue weighted by molar-refractivity contribution is -0.944. The van der Waals surface area contributed by atoms with Gasteiger partial charge in [-0.25, -0.2) is 0 Å². The highest BCUT2D eigenvalue weighted by Gasteiger charge is 2.69. The molecule has 2 heteroatoms. The second-order valence-electron chi connectivity index (χ2n) is 14.8. The Hall–Kier alpha value is -4.56. The molecule has 0 saturated carbocycles. The number of aryl methyl sites for hydroxylation is 2. The molecule has 0 amide bonds. The number of fused-ring (bicyclic) bond motifs is 17. The SMILES string of the molecule is Cc1cc(C)c2c(c1)-c1c3c(c4ccccc4[n+]1C21c2cc(C(C)(C)C)ccc2-c2cccc[n+]21)C(C)(C)c1ccccc1-3. The summed E-state index contributed by atoms with van der Waals surface area (Å²) >= 11 is 0. The highest BCUT2D eigenvalue weighted by molar-refractivity contribution is 6.00. The summed E-state index contributed by atoms with van der Waals surface area (Å²) < 4.78 is 5.31. The number of hydrogen-bond donors (Lipinski definition) is 0. The van der Waals surface area contributed by atoms with Crippen LogP contribution in [-0.2, 0) is 16.5 Å². The van der Waals surface area contributed by atoms with E-state index in [1.165, 1.54) is 83.5 Å². The van der Waals surface area contributed by atoms with E-state index in [1.54, 1.807) is 0 Å². The predicted molar refractivity (Wildman–Crippen MR) is 179 cm³/mol. The molecule has 214 valence electrons. The molecule has 1 spiro atoms. The minimum absolute atomic E-state index is 0.0237. The molecular weight excluding hydrogens is 532 g/mol. The van der Waals surface area contributed by atoms with Crippen LogP contribution in [0.5, 0.6) is 0 Å². The monoisotopic (exact) mass is 570 g/mol. The average Bonchev–Trinajstić information content (AvgIpc) is 3.55. The summed E-state index contributed by atoms with van der Waals surface area (Å²) in [4.78, 5) is 0. The van der Waals surface area contributed by atoms with Crippen molar-refractivity contribution in [2.75, 3.05) is 0 Å². The van der Waals surface area contributed by atoms with Crippen LogP contribution in [0.25, 0.3) is 44.5 Å². The predicted octanol–water partition coefficient (Wildman–Crippen LogP) is 8.89. The second-order valence-corrected chi connectivity index (χ2v) is 14.8. The molecule has 1 atom stereocenters. The van der Waals surface area contributed by atoms with E-state index in [4.69, 9.17) is 0 Å². The minimum Gasteiger partial charge on any atom is -0.125 e. The van der Waals surface area contributed by atoms with E-state index in [1.807, 2.05) is 0 Å². The van der Waals surface area contributed by atoms with Crippen LogP contribution in [0.4, 0.5) is 0 Å². The Kier molecular flexibility index (Phi) is 4.78. The van der Waals surface area contributed by atoms with Crippen molar-refractivity contribution in [1.29, 1.82) is 0 Å². The number of aromatic nitrogens is 2. The third-order valence-corrected chi connectivity index (χ3v) is 10.8. The molecule has 0 bridgehead atoms. The minimum atomic E-state index is -0.564. The summed E-state index contributed by atoms with van der Waals surface area (Å²) in [7, 11) is 0. The molecule has 4 heterocycles. The van der Waals surface area contributed by atoms with Crippen LogP contribution in [-0.4, -0.2) is 0 Å². The van der Waals surface area contributed by atoms with Crippen molar-refractivity contribution in [3.05, 3.63) is 142 Å². The van der Waals surface area contributed by atoms with Crippen LogP contribution in [0.3, 0.4) is 0 Å². The Labute approximate surface area is 260 Å². The molecule has 44 heavy (non-hydrogen) atoms. The highest BCUT2D eigenvalue weighted by Crippen LogP contribution is 2.58. The molecule has 1 unspecified atom stereocenters. The number of nitrogens with zero attached hydrogens (tertiary/aromatic N) is 2. The van der Waals surface area contributed by atoms with E-state index < -0.39 is 5.66 Å². The van der Waals surface area contributed by atoms with Crippen molar-refractivity contribution in [2.24, 2.45) is 0 Å². The molecule has 3 aliphatic rings. The quantitative estimate of drug-likeness (QED) is 0.161. The Balaban J connectivity index is 1.59. The molecular formula is C42H38N2+2. The third-order valence-electron chi connectivity index (χ3n) is 10.8. The number of para-hydroxylation sites is 1. The maximum absolute atomic E-state index is 2.73. The molecule has 6 aromatic rings. The van der Waals surface area contributed by atoms with Gasteiger partial charge >= 0.3 is 5.66 Å². The van der Waals surface area contributed by atoms with Crippen LogP contribution in [0.15, 0.2) is 103 Å². The van der Waals surface area contributed by atoms with Gasteiger partial charge in [0.05, 0.1) is 22.1 Å². The van der Waals surface area contributed by atoms with E-state index in [0.29, 0.717) is 0 Å². The maximum Gasteiger partial charge on any atom is 0.418 e. The van der Waals surface area contributed by atoms with Crippen LogP contribution in [0, 0.1) is 13.8 Å². The summed E-state index contributed by atoms with van der Waals surface area (Å²) in [5.41, 5.74) is 18.3. The van der Waals surface area contributed by atoms with E-state index in [-0.39, 0.29) is 10.8 Å². The second kappa shape index (κ2) is 8.12. The van der Waals surface area contributed by atoms with Gasteiger partial charge in [0.25, 0.3) is 0 Å². The van der Waals surface area contributed by atoms with Gasteiger partial charge in [0, 0.05) is 23.6 Å². The largest absolute Gasteiger partial charge is 0.418 e. The van der Waals surface area contributed by atoms with Crippen molar-refractivity contribution in [3.8, 4) is 33.6 Å². The molecule has 0 N–H and O–H groups in total. The van der Waals surface area contributed by atoms with Gasteiger partial charge < -0.3 is 0 Å². The van der Waals surface area contributed by atoms with E-state index in [0.717, 1.165) is 0 Å². The summed E-state index contributed by atoms with van der Waals surface area (Å²) in [6.45, 7) is 16.4. The zero-order valence-corrected chi connectivity index (χ0v) is 26.7. The first-order valence-corrected chi connectivity index (χ1v) is 16.0. The Morgan fingerprint density at radius 3 is 2.23 bits per heavy atom. The first kappa shape index (κ1) is 25.9. The number of pyridine rings is 2. The van der Waals surface area contributed by atoms with E-state index in [2.05, 4.69) is 161 Å². The van der Waals surface area contributed by atoms with Gasteiger partial charge in [0.15, 0.2) is 6.20 Å². The molecule has 0 radical (unpaired) electrons. The van der Waals surface area contributed by atoms with Gasteiger partial charge in [-0.15, -0.1) is 9.13 Å². The van der Waals surface area contributed by atoms with Crippen LogP contribution in [0.1, 0.15) is 73.6 Å². The van der Waals surface area contributed by atoms with Gasteiger partial charge in [-0.1, -0.05) is 83.1 Å². The summed E-state index contributed by atoms with van der Waals surface area (Å²) in [5.74, 6) is 0. The fourth-order valence-corrected chi connectivity index (χ4v) is 9.06. The molecule has 9 rings (SSSR count). The van der Waals surface area contributed by atoms with Gasteiger partial charge in [-0.3, -0.25) is 0 Å². The molecule has 2 nitrogen and oxygen atoms in total. The average molecular weight is 571 g/mol. The molecule has 2 aromatic heterocycles. The third kappa shape index (κ3) is 2.88. The van der Waals surface area contributed by atoms with Gasteiger partial charge in [0.1, 0.15) is 11.1 Å². The molecule has 1 aliphatic carbocycles. The zero-order valence-electron chi connectivity index (χ0n) is 26.7. The number of hydrogen-bond acceptors (Lipinski definition) is 0. The van der Waals surface area contributed by atoms with Crippen LogP contribution in [0.2, 0.25) is 0 Å². The topological polar surface area (TPSA) is 7.76 Å². The van der Waals surface area contributed by atoms with Gasteiger partial charge in [0.2, 0.25) is 16.9 Å². The number of rotatable bonds is 0. The summed E-state index contributed by atoms with van der Waals surface area (Å²) in [6.07, 6.45) is 2.32. The van der Waals surface area contributed by atoms with Crippen molar-refractivity contribution in [2.45, 2.75) is 65.0 Å². The smallest absolute Gasteiger partial charge is 0.125 e. The first-order valence-electron chi connectivity index (χ1n) is 16.0. The lowest BCUT2D eigenvalue weighted by Gasteiger charge is -2.25. The summed E-state index contributed by atoms with van der Waals surface area (Å²) in [6, 6.07) is 37.1. The first-order chi connectivity index (χ1) is 21.1. The molecule has 2 aliphatic heterocycles. The van der Waals surface area contributed by atoms with Crippen molar-refractivity contribution >= 4 is 10.9 Å². The van der Waals surface area contributed by atoms with E-state index >= 15 is 0 Å². The van der Waals surface area contributed by atoms with E-state index in [9.17, 15) is 0 Å². The standard InChI is InChI=1S/C42H38N2/c1-25-22-26(2)37-31(23-25)39-36-29-14-8-10-16-32(29)41(6,7)38(36)30-15-9-11-18-35(30)44(39)42(37)33-24-27(40(3,4)5)19-20-28(33)34-17-12-13-21-43(34)42/h8-24H,1-7H3/q+2. The van der Waals surface area contributed by atoms with Gasteiger partial charge in [-0.05, 0) is 83.0 Å². The molecule has 0 fully saturated rings. The summed E-state index contributed by atoms with van der Waals surface area (Å²) in [5, 5.41) is 1.34. The normalized spacial score (nSPS) is 18.2. The highest BCUT2D eigenvalue weighted by atomic mass is 15.3. The Bertz CT molecular complexity index is 2260. The molecule has 4 aromatic carbocycles. The number of benzene rings is 4. The Morgan fingerprint density at radius 1 is 0.659 bits per heavy atom. The maximum atomic E-state index is 2.73. The van der Waals surface area contributed by atoms with Crippen LogP contribution >= 0.6 is 0 Å². The van der Waals surface area contributed by atoms with Crippen LogP contribution < -0.4 is 9.13 Å². The van der Waals surface area contributed by atoms with Crippen molar-refractivity contribution < 1.29 is 9.13 Å². The lowest BCUT2D eigenvalue weighted by atomic mass is 9.80. The molecule has 0 saturated heterocycles. The lowest BCUT2D eigenvalue weighted by Crippen LogP contribution is -2.72. The Morgan fingerprint density at radius 2 is 1.41 bits per heavy atom. The fraction of sp³-hybridized carbons (Fsp3) is 0.238. The fourth-order valence-electron chi connectivity index (χ4n) is 9.06. The zero-order chi connectivity index (χ0) is 30.3. The van der Waals surface area contributed by atoms with Crippen molar-refractivity contribution in [3.63, 3.8) is 0 Å². The van der Waals surface area contributed by atoms with Crippen molar-refractivity contribution in [1.82, 2.24) is 0 Å².